The number of carboxylic acid groups (broad SMARTS) is 1. The molecule has 2 aromatic rings. The zero-order valence-corrected chi connectivity index (χ0v) is 12.6. The van der Waals surface area contributed by atoms with Crippen LogP contribution in [0.5, 0.6) is 5.75 Å². The smallest absolute Gasteiger partial charge is 0.345 e. The number of hydrogen-bond donors (Lipinski definition) is 1. The highest BCUT2D eigenvalue weighted by atomic mass is 19.1. The molecule has 22 heavy (non-hydrogen) atoms. The average Bonchev–Trinajstić information content (AvgIpc) is 2.47. The monoisotopic (exact) mass is 302 g/mol. The zero-order valence-electron chi connectivity index (χ0n) is 12.6. The fraction of sp³-hybridized carbons (Fsp3) is 0.278. The summed E-state index contributed by atoms with van der Waals surface area (Å²) >= 11 is 0. The fourth-order valence-corrected chi connectivity index (χ4v) is 2.15. The van der Waals surface area contributed by atoms with Gasteiger partial charge in [-0.2, -0.15) is 0 Å². The zero-order chi connectivity index (χ0) is 16.1. The lowest BCUT2D eigenvalue weighted by Crippen LogP contribution is -2.29. The van der Waals surface area contributed by atoms with Crippen LogP contribution < -0.4 is 4.74 Å². The fourth-order valence-electron chi connectivity index (χ4n) is 2.15. The SMILES string of the molecule is CC(C)c1ccc(OC(Cc2cccc(F)c2)C(=O)O)cc1. The molecule has 0 amide bonds. The molecule has 1 N–H and O–H groups in total. The first-order valence-electron chi connectivity index (χ1n) is 7.19. The lowest BCUT2D eigenvalue weighted by molar-refractivity contribution is -0.145. The minimum Gasteiger partial charge on any atom is -0.478 e. The van der Waals surface area contributed by atoms with Gasteiger partial charge in [0.2, 0.25) is 0 Å². The molecule has 0 heterocycles. The minimum atomic E-state index is -1.07. The molecule has 0 saturated heterocycles. The Morgan fingerprint density at radius 1 is 1.18 bits per heavy atom. The van der Waals surface area contributed by atoms with Gasteiger partial charge in [-0.15, -0.1) is 0 Å². The van der Waals surface area contributed by atoms with Crippen molar-refractivity contribution in [1.82, 2.24) is 0 Å². The molecule has 2 aromatic carbocycles. The Kier molecular flexibility index (Phi) is 5.15. The molecule has 0 aromatic heterocycles. The molecule has 0 aliphatic heterocycles. The summed E-state index contributed by atoms with van der Waals surface area (Å²) in [6.45, 7) is 4.17. The summed E-state index contributed by atoms with van der Waals surface area (Å²) in [6.07, 6.45) is -0.939. The lowest BCUT2D eigenvalue weighted by Gasteiger charge is -2.16. The third kappa shape index (κ3) is 4.32. The first kappa shape index (κ1) is 16.0. The Morgan fingerprint density at radius 2 is 1.86 bits per heavy atom. The van der Waals surface area contributed by atoms with Crippen LogP contribution in [-0.4, -0.2) is 17.2 Å². The minimum absolute atomic E-state index is 0.110. The van der Waals surface area contributed by atoms with Crippen LogP contribution >= 0.6 is 0 Å². The normalized spacial score (nSPS) is 12.2. The molecule has 2 rings (SSSR count). The Morgan fingerprint density at radius 3 is 2.41 bits per heavy atom. The number of benzene rings is 2. The Labute approximate surface area is 129 Å². The second-order valence-electron chi connectivity index (χ2n) is 5.50. The molecule has 116 valence electrons. The van der Waals surface area contributed by atoms with Crippen LogP contribution in [0.15, 0.2) is 48.5 Å². The topological polar surface area (TPSA) is 46.5 Å². The number of aliphatic carboxylic acids is 1. The second-order valence-corrected chi connectivity index (χ2v) is 5.50. The first-order valence-corrected chi connectivity index (χ1v) is 7.19. The first-order chi connectivity index (χ1) is 10.5. The summed E-state index contributed by atoms with van der Waals surface area (Å²) in [6, 6.07) is 13.2. The van der Waals surface area contributed by atoms with Crippen molar-refractivity contribution in [2.24, 2.45) is 0 Å². The maximum absolute atomic E-state index is 13.2. The molecule has 4 heteroatoms. The third-order valence-electron chi connectivity index (χ3n) is 3.41. The van der Waals surface area contributed by atoms with E-state index >= 15 is 0 Å². The summed E-state index contributed by atoms with van der Waals surface area (Å²) in [5, 5.41) is 9.29. The molecule has 0 spiro atoms. The van der Waals surface area contributed by atoms with Crippen LogP contribution in [0.1, 0.15) is 30.9 Å². The van der Waals surface area contributed by atoms with Gasteiger partial charge in [-0.3, -0.25) is 0 Å². The van der Waals surface area contributed by atoms with E-state index < -0.39 is 12.1 Å². The van der Waals surface area contributed by atoms with E-state index in [0.29, 0.717) is 17.2 Å². The van der Waals surface area contributed by atoms with Gasteiger partial charge in [0.05, 0.1) is 0 Å². The van der Waals surface area contributed by atoms with Crippen molar-refractivity contribution >= 4 is 5.97 Å². The Hall–Kier alpha value is -2.36. The molecule has 0 radical (unpaired) electrons. The van der Waals surface area contributed by atoms with Gasteiger partial charge in [-0.1, -0.05) is 38.1 Å². The van der Waals surface area contributed by atoms with Gasteiger partial charge in [-0.05, 0) is 41.3 Å². The number of hydrogen-bond acceptors (Lipinski definition) is 2. The molecular weight excluding hydrogens is 283 g/mol. The molecule has 0 fully saturated rings. The Bertz CT molecular complexity index is 635. The molecule has 0 bridgehead atoms. The molecule has 3 nitrogen and oxygen atoms in total. The van der Waals surface area contributed by atoms with E-state index in [1.165, 1.54) is 12.1 Å². The summed E-state index contributed by atoms with van der Waals surface area (Å²) < 4.78 is 18.7. The molecule has 1 unspecified atom stereocenters. The maximum Gasteiger partial charge on any atom is 0.345 e. The van der Waals surface area contributed by atoms with Crippen LogP contribution in [-0.2, 0) is 11.2 Å². The quantitative estimate of drug-likeness (QED) is 0.876. The highest BCUT2D eigenvalue weighted by Crippen LogP contribution is 2.20. The van der Waals surface area contributed by atoms with Crippen LogP contribution in [0, 0.1) is 5.82 Å². The molecule has 0 saturated carbocycles. The van der Waals surface area contributed by atoms with Gasteiger partial charge in [0.1, 0.15) is 11.6 Å². The number of ether oxygens (including phenoxy) is 1. The van der Waals surface area contributed by atoms with Crippen LogP contribution in [0.4, 0.5) is 4.39 Å². The third-order valence-corrected chi connectivity index (χ3v) is 3.41. The van der Waals surface area contributed by atoms with Gasteiger partial charge >= 0.3 is 5.97 Å². The van der Waals surface area contributed by atoms with E-state index in [1.807, 2.05) is 12.1 Å². The largest absolute Gasteiger partial charge is 0.478 e. The lowest BCUT2D eigenvalue weighted by atomic mass is 10.0. The number of carbonyl (C=O) groups is 1. The number of carboxylic acids is 1. The van der Waals surface area contributed by atoms with Gasteiger partial charge in [-0.25, -0.2) is 9.18 Å². The highest BCUT2D eigenvalue weighted by molar-refractivity contribution is 5.73. The van der Waals surface area contributed by atoms with E-state index in [-0.39, 0.29) is 12.2 Å². The van der Waals surface area contributed by atoms with E-state index in [2.05, 4.69) is 13.8 Å². The van der Waals surface area contributed by atoms with Crippen LogP contribution in [0.3, 0.4) is 0 Å². The van der Waals surface area contributed by atoms with Crippen molar-refractivity contribution in [3.8, 4) is 5.75 Å². The molecule has 1 atom stereocenters. The molecular formula is C18H19FO3. The van der Waals surface area contributed by atoms with Gasteiger partial charge in [0.15, 0.2) is 6.10 Å². The van der Waals surface area contributed by atoms with Gasteiger partial charge < -0.3 is 9.84 Å². The summed E-state index contributed by atoms with van der Waals surface area (Å²) in [5.41, 5.74) is 1.75. The van der Waals surface area contributed by atoms with Crippen molar-refractivity contribution in [3.63, 3.8) is 0 Å². The van der Waals surface area contributed by atoms with E-state index in [4.69, 9.17) is 4.74 Å². The van der Waals surface area contributed by atoms with Crippen LogP contribution in [0.25, 0.3) is 0 Å². The van der Waals surface area contributed by atoms with E-state index in [0.717, 1.165) is 5.56 Å². The van der Waals surface area contributed by atoms with Crippen LogP contribution in [0.2, 0.25) is 0 Å². The van der Waals surface area contributed by atoms with Crippen molar-refractivity contribution in [3.05, 3.63) is 65.5 Å². The highest BCUT2D eigenvalue weighted by Gasteiger charge is 2.20. The van der Waals surface area contributed by atoms with Crippen molar-refractivity contribution in [2.75, 3.05) is 0 Å². The molecule has 0 aliphatic carbocycles. The predicted octanol–water partition coefficient (Wildman–Crippen LogP) is 4.02. The van der Waals surface area contributed by atoms with E-state index in [1.54, 1.807) is 24.3 Å². The van der Waals surface area contributed by atoms with Crippen molar-refractivity contribution in [1.29, 1.82) is 0 Å². The average molecular weight is 302 g/mol. The predicted molar refractivity (Wildman–Crippen MR) is 82.7 cm³/mol. The van der Waals surface area contributed by atoms with Gasteiger partial charge in [0, 0.05) is 6.42 Å². The maximum atomic E-state index is 13.2. The number of halogens is 1. The van der Waals surface area contributed by atoms with Gasteiger partial charge in [0.25, 0.3) is 0 Å². The second kappa shape index (κ2) is 7.07. The standard InChI is InChI=1S/C18H19FO3/c1-12(2)14-6-8-16(9-7-14)22-17(18(20)21)11-13-4-3-5-15(19)10-13/h3-10,12,17H,11H2,1-2H3,(H,20,21). The summed E-state index contributed by atoms with van der Waals surface area (Å²) in [7, 11) is 0. The Balaban J connectivity index is 2.10. The summed E-state index contributed by atoms with van der Waals surface area (Å²) in [4.78, 5) is 11.3. The number of rotatable bonds is 6. The summed E-state index contributed by atoms with van der Waals surface area (Å²) in [5.74, 6) is -0.565. The van der Waals surface area contributed by atoms with Crippen molar-refractivity contribution < 1.29 is 19.0 Å². The molecule has 0 aliphatic rings. The van der Waals surface area contributed by atoms with E-state index in [9.17, 15) is 14.3 Å². The van der Waals surface area contributed by atoms with Crippen molar-refractivity contribution in [2.45, 2.75) is 32.3 Å².